The van der Waals surface area contributed by atoms with Crippen molar-refractivity contribution in [1.29, 1.82) is 0 Å². The molecule has 3 aromatic carbocycles. The molecule has 9 nitrogen and oxygen atoms in total. The monoisotopic (exact) mass is 576 g/mol. The molecule has 218 valence electrons. The Morgan fingerprint density at radius 2 is 1.71 bits per heavy atom. The zero-order valence-corrected chi connectivity index (χ0v) is 23.8. The van der Waals surface area contributed by atoms with Crippen LogP contribution in [0.2, 0.25) is 0 Å². The maximum absolute atomic E-state index is 15.0. The number of carbonyl (C=O) groups is 1. The van der Waals surface area contributed by atoms with Gasteiger partial charge in [0.05, 0.1) is 37.0 Å². The Bertz CT molecular complexity index is 1830. The van der Waals surface area contributed by atoms with E-state index in [4.69, 9.17) is 9.47 Å². The lowest BCUT2D eigenvalue weighted by molar-refractivity contribution is 0.0693. The number of phenols is 1. The van der Waals surface area contributed by atoms with Gasteiger partial charge in [0, 0.05) is 35.5 Å². The molecule has 2 heterocycles. The molecule has 5 rings (SSSR count). The summed E-state index contributed by atoms with van der Waals surface area (Å²) < 4.78 is 42.0. The molecule has 0 radical (unpaired) electrons. The van der Waals surface area contributed by atoms with E-state index in [1.165, 1.54) is 43.3 Å². The van der Waals surface area contributed by atoms with Crippen LogP contribution in [0.3, 0.4) is 0 Å². The third-order valence-electron chi connectivity index (χ3n) is 7.47. The van der Waals surface area contributed by atoms with Crippen molar-refractivity contribution in [2.24, 2.45) is 7.05 Å². The standard InChI is InChI=1S/C31H30F2N4O5/c1-31(2,13-12-18-16-34-36(3)35-18)29-26(17-6-8-20(30(39)40)24(14-17)41-4)27-23(11-10-22(33)28(27)38)37(29)19-7-9-21(32)25(15-19)42-5/h6-11,14-16,38H,12-13H2,1-5H3,(H,39,40). The summed E-state index contributed by atoms with van der Waals surface area (Å²) in [6.07, 6.45) is 2.80. The number of hydrogen-bond donors (Lipinski definition) is 2. The average molecular weight is 577 g/mol. The van der Waals surface area contributed by atoms with Crippen molar-refractivity contribution in [3.05, 3.63) is 83.3 Å². The number of aromatic carboxylic acids is 1. The quantitative estimate of drug-likeness (QED) is 0.220. The highest BCUT2D eigenvalue weighted by atomic mass is 19.1. The van der Waals surface area contributed by atoms with E-state index >= 15 is 0 Å². The molecule has 0 atom stereocenters. The molecule has 0 saturated heterocycles. The summed E-state index contributed by atoms with van der Waals surface area (Å²) in [4.78, 5) is 13.3. The summed E-state index contributed by atoms with van der Waals surface area (Å²) in [5.74, 6) is -3.00. The molecule has 42 heavy (non-hydrogen) atoms. The molecule has 2 N–H and O–H groups in total. The maximum atomic E-state index is 15.0. The predicted octanol–water partition coefficient (Wildman–Crippen LogP) is 6.04. The van der Waals surface area contributed by atoms with Crippen molar-refractivity contribution in [2.45, 2.75) is 32.1 Å². The van der Waals surface area contributed by atoms with Gasteiger partial charge >= 0.3 is 5.97 Å². The van der Waals surface area contributed by atoms with Crippen molar-refractivity contribution in [2.75, 3.05) is 14.2 Å². The van der Waals surface area contributed by atoms with Gasteiger partial charge in [0.15, 0.2) is 23.1 Å². The number of methoxy groups -OCH3 is 2. The van der Waals surface area contributed by atoms with Crippen LogP contribution in [0, 0.1) is 11.6 Å². The van der Waals surface area contributed by atoms with Crippen molar-refractivity contribution >= 4 is 16.9 Å². The zero-order valence-electron chi connectivity index (χ0n) is 23.8. The summed E-state index contributed by atoms with van der Waals surface area (Å²) in [6.45, 7) is 4.02. The van der Waals surface area contributed by atoms with Crippen LogP contribution in [-0.2, 0) is 18.9 Å². The number of aryl methyl sites for hydroxylation is 2. The molecule has 0 aliphatic rings. The van der Waals surface area contributed by atoms with E-state index in [0.717, 1.165) is 5.69 Å². The van der Waals surface area contributed by atoms with Gasteiger partial charge in [0.25, 0.3) is 0 Å². The fourth-order valence-electron chi connectivity index (χ4n) is 5.40. The molecule has 0 saturated carbocycles. The summed E-state index contributed by atoms with van der Waals surface area (Å²) in [6, 6.07) is 11.7. The van der Waals surface area contributed by atoms with Crippen LogP contribution in [0.1, 0.15) is 42.0 Å². The number of carboxylic acid groups (broad SMARTS) is 1. The Hall–Kier alpha value is -4.93. The molecule has 0 aliphatic heterocycles. The van der Waals surface area contributed by atoms with E-state index in [2.05, 4.69) is 10.2 Å². The Morgan fingerprint density at radius 3 is 2.36 bits per heavy atom. The smallest absolute Gasteiger partial charge is 0.339 e. The van der Waals surface area contributed by atoms with E-state index in [9.17, 15) is 23.8 Å². The van der Waals surface area contributed by atoms with Crippen LogP contribution >= 0.6 is 0 Å². The first kappa shape index (κ1) is 28.6. The second-order valence-corrected chi connectivity index (χ2v) is 10.6. The van der Waals surface area contributed by atoms with E-state index in [1.54, 1.807) is 37.5 Å². The van der Waals surface area contributed by atoms with Crippen molar-refractivity contribution in [1.82, 2.24) is 19.6 Å². The van der Waals surface area contributed by atoms with Gasteiger partial charge in [-0.1, -0.05) is 19.9 Å². The minimum absolute atomic E-state index is 0.0121. The fraction of sp³-hybridized carbons (Fsp3) is 0.258. The summed E-state index contributed by atoms with van der Waals surface area (Å²) in [7, 11) is 4.46. The van der Waals surface area contributed by atoms with Crippen LogP contribution < -0.4 is 9.47 Å². The molecule has 0 amide bonds. The second kappa shape index (κ2) is 10.8. The summed E-state index contributed by atoms with van der Waals surface area (Å²) in [5.41, 5.74) is 2.68. The molecular formula is C31H30F2N4O5. The molecule has 0 bridgehead atoms. The molecular weight excluding hydrogens is 546 g/mol. The lowest BCUT2D eigenvalue weighted by atomic mass is 9.80. The number of phenolic OH excluding ortho intramolecular Hbond substituents is 1. The van der Waals surface area contributed by atoms with Gasteiger partial charge < -0.3 is 24.3 Å². The number of rotatable bonds is 9. The summed E-state index contributed by atoms with van der Waals surface area (Å²) in [5, 5.41) is 29.6. The van der Waals surface area contributed by atoms with Gasteiger partial charge in [0.2, 0.25) is 0 Å². The van der Waals surface area contributed by atoms with Gasteiger partial charge in [-0.05, 0) is 54.8 Å². The minimum Gasteiger partial charge on any atom is -0.504 e. The van der Waals surface area contributed by atoms with Crippen molar-refractivity contribution in [3.8, 4) is 34.1 Å². The predicted molar refractivity (Wildman–Crippen MR) is 153 cm³/mol. The van der Waals surface area contributed by atoms with Crippen molar-refractivity contribution in [3.63, 3.8) is 0 Å². The molecule has 0 aliphatic carbocycles. The van der Waals surface area contributed by atoms with Gasteiger partial charge in [-0.2, -0.15) is 15.0 Å². The Kier molecular flexibility index (Phi) is 7.36. The number of aromatic nitrogens is 4. The first-order chi connectivity index (χ1) is 20.0. The Morgan fingerprint density at radius 1 is 1.00 bits per heavy atom. The Balaban J connectivity index is 1.88. The van der Waals surface area contributed by atoms with Crippen LogP contribution in [0.4, 0.5) is 8.78 Å². The topological polar surface area (TPSA) is 112 Å². The Labute approximate surface area is 240 Å². The summed E-state index contributed by atoms with van der Waals surface area (Å²) >= 11 is 0. The first-order valence-corrected chi connectivity index (χ1v) is 13.1. The zero-order chi connectivity index (χ0) is 30.3. The molecule has 0 unspecified atom stereocenters. The lowest BCUT2D eigenvalue weighted by Gasteiger charge is -2.29. The van der Waals surface area contributed by atoms with Crippen LogP contribution in [0.15, 0.2) is 54.7 Å². The largest absolute Gasteiger partial charge is 0.504 e. The number of nitrogens with zero attached hydrogens (tertiary/aromatic N) is 4. The number of ether oxygens (including phenoxy) is 2. The van der Waals surface area contributed by atoms with E-state index < -0.39 is 28.8 Å². The van der Waals surface area contributed by atoms with Crippen LogP contribution in [0.25, 0.3) is 27.7 Å². The van der Waals surface area contributed by atoms with Gasteiger partial charge in [-0.3, -0.25) is 0 Å². The number of hydrogen-bond acceptors (Lipinski definition) is 6. The van der Waals surface area contributed by atoms with Gasteiger partial charge in [-0.25, -0.2) is 13.6 Å². The fourth-order valence-corrected chi connectivity index (χ4v) is 5.40. The lowest BCUT2D eigenvalue weighted by Crippen LogP contribution is -2.23. The highest BCUT2D eigenvalue weighted by Crippen LogP contribution is 2.48. The molecule has 5 aromatic rings. The number of benzene rings is 3. The number of aromatic hydroxyl groups is 1. The molecule has 11 heteroatoms. The van der Waals surface area contributed by atoms with Gasteiger partial charge in [0.1, 0.15) is 11.3 Å². The second-order valence-electron chi connectivity index (χ2n) is 10.6. The molecule has 0 spiro atoms. The molecule has 0 fully saturated rings. The van der Waals surface area contributed by atoms with Crippen LogP contribution in [-0.4, -0.2) is 50.0 Å². The number of carboxylic acids is 1. The third kappa shape index (κ3) is 4.91. The minimum atomic E-state index is -1.17. The van der Waals surface area contributed by atoms with Gasteiger partial charge in [-0.15, -0.1) is 0 Å². The highest BCUT2D eigenvalue weighted by molar-refractivity contribution is 6.04. The van der Waals surface area contributed by atoms with E-state index in [0.29, 0.717) is 40.9 Å². The maximum Gasteiger partial charge on any atom is 0.339 e. The number of fused-ring (bicyclic) bond motifs is 1. The first-order valence-electron chi connectivity index (χ1n) is 13.1. The SMILES string of the molecule is COc1cc(-n2c(C(C)(C)CCc3cnn(C)n3)c(-c3ccc(C(=O)O)c(OC)c3)c3c(O)c(F)ccc32)ccc1F. The third-order valence-corrected chi connectivity index (χ3v) is 7.47. The average Bonchev–Trinajstić information content (AvgIpc) is 3.55. The van der Waals surface area contributed by atoms with Crippen molar-refractivity contribution < 1.29 is 33.3 Å². The normalized spacial score (nSPS) is 11.7. The van der Waals surface area contributed by atoms with E-state index in [-0.39, 0.29) is 22.4 Å². The number of halogens is 2. The highest BCUT2D eigenvalue weighted by Gasteiger charge is 2.34. The van der Waals surface area contributed by atoms with E-state index in [1.807, 2.05) is 18.4 Å². The molecule has 2 aromatic heterocycles. The van der Waals surface area contributed by atoms with Crippen LogP contribution in [0.5, 0.6) is 17.2 Å².